The molecule has 1 aliphatic rings. The number of hydrogen-bond acceptors (Lipinski definition) is 5. The standard InChI is InChI=1S/C11H13ClFN3O2S2/c1-18-7(17)5-6-8(12)9(10(13)20-6)15-11(19)16-4-2-3-14-16/h14H,2-5H2,1H3,(H,15,19). The number of nitrogens with zero attached hydrogens (tertiary/aromatic N) is 1. The smallest absolute Gasteiger partial charge is 0.310 e. The summed E-state index contributed by atoms with van der Waals surface area (Å²) in [5, 5.41) is 4.52. The molecular weight excluding hydrogens is 325 g/mol. The quantitative estimate of drug-likeness (QED) is 0.651. The topological polar surface area (TPSA) is 53.6 Å². The summed E-state index contributed by atoms with van der Waals surface area (Å²) in [5.41, 5.74) is 3.16. The predicted molar refractivity (Wildman–Crippen MR) is 80.6 cm³/mol. The number of esters is 1. The molecule has 1 aromatic rings. The van der Waals surface area contributed by atoms with Crippen LogP contribution < -0.4 is 10.7 Å². The molecule has 0 amide bonds. The third kappa shape index (κ3) is 3.38. The number of thiocarbonyl (C=S) groups is 1. The van der Waals surface area contributed by atoms with E-state index in [1.807, 2.05) is 0 Å². The van der Waals surface area contributed by atoms with Gasteiger partial charge in [-0.3, -0.25) is 9.80 Å². The van der Waals surface area contributed by atoms with Crippen molar-refractivity contribution in [2.75, 3.05) is 25.5 Å². The summed E-state index contributed by atoms with van der Waals surface area (Å²) in [6, 6.07) is 0. The van der Waals surface area contributed by atoms with Crippen molar-refractivity contribution in [3.63, 3.8) is 0 Å². The van der Waals surface area contributed by atoms with E-state index < -0.39 is 11.1 Å². The Morgan fingerprint density at radius 2 is 2.45 bits per heavy atom. The number of nitrogens with one attached hydrogen (secondary N) is 2. The molecule has 0 atom stereocenters. The molecule has 0 aromatic carbocycles. The first kappa shape index (κ1) is 15.4. The van der Waals surface area contributed by atoms with Crippen molar-refractivity contribution >= 4 is 51.9 Å². The van der Waals surface area contributed by atoms with Crippen LogP contribution in [0.4, 0.5) is 10.1 Å². The Labute approximate surface area is 130 Å². The number of halogens is 2. The van der Waals surface area contributed by atoms with Gasteiger partial charge in [0.25, 0.3) is 0 Å². The van der Waals surface area contributed by atoms with Gasteiger partial charge in [0.2, 0.25) is 5.13 Å². The number of hydrogen-bond donors (Lipinski definition) is 2. The van der Waals surface area contributed by atoms with Gasteiger partial charge in [-0.25, -0.2) is 5.43 Å². The summed E-state index contributed by atoms with van der Waals surface area (Å²) in [4.78, 5) is 11.6. The molecule has 110 valence electrons. The maximum Gasteiger partial charge on any atom is 0.310 e. The number of carbonyl (C=O) groups is 1. The van der Waals surface area contributed by atoms with E-state index in [1.54, 1.807) is 5.01 Å². The van der Waals surface area contributed by atoms with Gasteiger partial charge in [0.15, 0.2) is 5.11 Å². The first-order chi connectivity index (χ1) is 9.52. The molecule has 1 fully saturated rings. The Hall–Kier alpha value is -0.960. The van der Waals surface area contributed by atoms with Gasteiger partial charge in [0, 0.05) is 18.0 Å². The number of hydrazine groups is 1. The van der Waals surface area contributed by atoms with Crippen LogP contribution in [0.2, 0.25) is 5.02 Å². The normalized spacial score (nSPS) is 14.4. The molecule has 2 heterocycles. The van der Waals surface area contributed by atoms with Gasteiger partial charge >= 0.3 is 5.97 Å². The van der Waals surface area contributed by atoms with E-state index >= 15 is 0 Å². The van der Waals surface area contributed by atoms with Gasteiger partial charge in [-0.1, -0.05) is 11.6 Å². The molecule has 20 heavy (non-hydrogen) atoms. The molecule has 0 bridgehead atoms. The highest BCUT2D eigenvalue weighted by Crippen LogP contribution is 2.36. The minimum atomic E-state index is -0.504. The Balaban J connectivity index is 2.11. The van der Waals surface area contributed by atoms with E-state index in [1.165, 1.54) is 7.11 Å². The van der Waals surface area contributed by atoms with Crippen molar-refractivity contribution in [3.05, 3.63) is 15.0 Å². The molecule has 0 aliphatic carbocycles. The molecule has 9 heteroatoms. The zero-order valence-corrected chi connectivity index (χ0v) is 13.1. The summed E-state index contributed by atoms with van der Waals surface area (Å²) in [6.45, 7) is 1.58. The van der Waals surface area contributed by atoms with E-state index in [9.17, 15) is 9.18 Å². The lowest BCUT2D eigenvalue weighted by molar-refractivity contribution is -0.139. The van der Waals surface area contributed by atoms with Crippen molar-refractivity contribution in [3.8, 4) is 0 Å². The fraction of sp³-hybridized carbons (Fsp3) is 0.455. The Kier molecular flexibility index (Phi) is 5.14. The molecular formula is C11H13ClFN3O2S2. The highest BCUT2D eigenvalue weighted by Gasteiger charge is 2.22. The summed E-state index contributed by atoms with van der Waals surface area (Å²) in [6.07, 6.45) is 0.905. The molecule has 1 saturated heterocycles. The highest BCUT2D eigenvalue weighted by molar-refractivity contribution is 7.80. The predicted octanol–water partition coefficient (Wildman–Crippen LogP) is 2.16. The van der Waals surface area contributed by atoms with Crippen LogP contribution in [-0.2, 0) is 16.0 Å². The van der Waals surface area contributed by atoms with Crippen LogP contribution in [0.5, 0.6) is 0 Å². The second kappa shape index (κ2) is 6.66. The lowest BCUT2D eigenvalue weighted by atomic mass is 10.3. The zero-order chi connectivity index (χ0) is 14.7. The SMILES string of the molecule is COC(=O)Cc1sc(F)c(NC(=S)N2CCCN2)c1Cl. The second-order valence-corrected chi connectivity index (χ2v) is 5.90. The Morgan fingerprint density at radius 1 is 1.70 bits per heavy atom. The Morgan fingerprint density at radius 3 is 3.05 bits per heavy atom. The number of ether oxygens (including phenoxy) is 1. The summed E-state index contributed by atoms with van der Waals surface area (Å²) >= 11 is 12.1. The fourth-order valence-electron chi connectivity index (χ4n) is 1.73. The van der Waals surface area contributed by atoms with Crippen molar-refractivity contribution in [1.82, 2.24) is 10.4 Å². The van der Waals surface area contributed by atoms with Crippen LogP contribution in [-0.4, -0.2) is 36.3 Å². The molecule has 0 saturated carbocycles. The summed E-state index contributed by atoms with van der Waals surface area (Å²) < 4.78 is 18.4. The van der Waals surface area contributed by atoms with Gasteiger partial charge < -0.3 is 10.1 Å². The monoisotopic (exact) mass is 337 g/mol. The van der Waals surface area contributed by atoms with Gasteiger partial charge in [-0.15, -0.1) is 11.3 Å². The van der Waals surface area contributed by atoms with E-state index in [0.29, 0.717) is 9.99 Å². The average Bonchev–Trinajstić information content (AvgIpc) is 3.03. The summed E-state index contributed by atoms with van der Waals surface area (Å²) in [5.74, 6) is -0.469. The number of thiophene rings is 1. The van der Waals surface area contributed by atoms with Crippen molar-refractivity contribution in [2.45, 2.75) is 12.8 Å². The lowest BCUT2D eigenvalue weighted by Gasteiger charge is -2.19. The van der Waals surface area contributed by atoms with Crippen LogP contribution in [0.1, 0.15) is 11.3 Å². The van der Waals surface area contributed by atoms with E-state index in [0.717, 1.165) is 30.8 Å². The molecule has 2 rings (SSSR count). The minimum Gasteiger partial charge on any atom is -0.469 e. The van der Waals surface area contributed by atoms with Crippen LogP contribution in [0, 0.1) is 5.13 Å². The number of methoxy groups -OCH3 is 1. The van der Waals surface area contributed by atoms with Gasteiger partial charge in [0.05, 0.1) is 18.6 Å². The molecule has 0 unspecified atom stereocenters. The lowest BCUT2D eigenvalue weighted by Crippen LogP contribution is -2.39. The van der Waals surface area contributed by atoms with E-state index in [4.69, 9.17) is 23.8 Å². The Bertz CT molecular complexity index is 532. The third-order valence-corrected chi connectivity index (χ3v) is 4.57. The molecule has 0 radical (unpaired) electrons. The minimum absolute atomic E-state index is 0.0622. The van der Waals surface area contributed by atoms with Crippen LogP contribution in [0.3, 0.4) is 0 Å². The van der Waals surface area contributed by atoms with Crippen molar-refractivity contribution in [1.29, 1.82) is 0 Å². The van der Waals surface area contributed by atoms with Crippen LogP contribution >= 0.6 is 35.2 Å². The molecule has 5 nitrogen and oxygen atoms in total. The molecule has 1 aliphatic heterocycles. The highest BCUT2D eigenvalue weighted by atomic mass is 35.5. The average molecular weight is 338 g/mol. The van der Waals surface area contributed by atoms with Crippen LogP contribution in [0.15, 0.2) is 0 Å². The molecule has 0 spiro atoms. The first-order valence-electron chi connectivity index (χ1n) is 5.88. The van der Waals surface area contributed by atoms with Crippen LogP contribution in [0.25, 0.3) is 0 Å². The molecule has 1 aromatic heterocycles. The first-order valence-corrected chi connectivity index (χ1v) is 7.48. The van der Waals surface area contributed by atoms with Crippen molar-refractivity contribution in [2.24, 2.45) is 0 Å². The van der Waals surface area contributed by atoms with Gasteiger partial charge in [-0.2, -0.15) is 4.39 Å². The van der Waals surface area contributed by atoms with Gasteiger partial charge in [-0.05, 0) is 18.6 Å². The maximum absolute atomic E-state index is 13.9. The van der Waals surface area contributed by atoms with Gasteiger partial charge in [0.1, 0.15) is 5.69 Å². The maximum atomic E-state index is 13.9. The number of carbonyl (C=O) groups excluding carboxylic acids is 1. The van der Waals surface area contributed by atoms with E-state index in [2.05, 4.69) is 15.5 Å². The largest absolute Gasteiger partial charge is 0.469 e. The summed E-state index contributed by atoms with van der Waals surface area (Å²) in [7, 11) is 1.27. The molecule has 2 N–H and O–H groups in total. The fourth-order valence-corrected chi connectivity index (χ4v) is 3.21. The second-order valence-electron chi connectivity index (χ2n) is 4.08. The third-order valence-electron chi connectivity index (χ3n) is 2.74. The van der Waals surface area contributed by atoms with Crippen molar-refractivity contribution < 1.29 is 13.9 Å². The van der Waals surface area contributed by atoms with E-state index in [-0.39, 0.29) is 17.1 Å². The zero-order valence-electron chi connectivity index (χ0n) is 10.7. The number of anilines is 1. The number of rotatable bonds is 3.